The van der Waals surface area contributed by atoms with Gasteiger partial charge in [0.15, 0.2) is 0 Å². The molecule has 4 nitrogen and oxygen atoms in total. The first-order valence-electron chi connectivity index (χ1n) is 5.81. The molecule has 15 heavy (non-hydrogen) atoms. The number of hydrogen-bond donors (Lipinski definition) is 1. The van der Waals surface area contributed by atoms with Crippen LogP contribution in [0, 0.1) is 0 Å². The molecule has 1 aliphatic heterocycles. The molecule has 4 heteroatoms. The molecular formula is C11H24N2O2. The number of hydrogen-bond acceptors (Lipinski definition) is 4. The van der Waals surface area contributed by atoms with Crippen molar-refractivity contribution >= 4 is 0 Å². The first kappa shape index (κ1) is 12.9. The molecule has 0 aromatic rings. The highest BCUT2D eigenvalue weighted by Gasteiger charge is 2.15. The Kier molecular flexibility index (Phi) is 6.92. The third kappa shape index (κ3) is 6.10. The molecule has 1 fully saturated rings. The van der Waals surface area contributed by atoms with E-state index in [2.05, 4.69) is 17.3 Å². The summed E-state index contributed by atoms with van der Waals surface area (Å²) in [5.74, 6) is 0. The lowest BCUT2D eigenvalue weighted by atomic mass is 10.1. The SMILES string of the molecule is COCCOCCNC1CCN(C)CC1. The van der Waals surface area contributed by atoms with Crippen molar-refractivity contribution in [1.29, 1.82) is 0 Å². The summed E-state index contributed by atoms with van der Waals surface area (Å²) < 4.78 is 10.3. The second-order valence-electron chi connectivity index (χ2n) is 4.14. The van der Waals surface area contributed by atoms with Crippen LogP contribution in [0.15, 0.2) is 0 Å². The van der Waals surface area contributed by atoms with Crippen LogP contribution in [-0.4, -0.2) is 64.6 Å². The van der Waals surface area contributed by atoms with Gasteiger partial charge in [0.2, 0.25) is 0 Å². The molecule has 1 saturated heterocycles. The number of likely N-dealkylation sites (tertiary alicyclic amines) is 1. The maximum atomic E-state index is 5.39. The largest absolute Gasteiger partial charge is 0.382 e. The average molecular weight is 216 g/mol. The lowest BCUT2D eigenvalue weighted by Crippen LogP contribution is -2.41. The summed E-state index contributed by atoms with van der Waals surface area (Å²) in [7, 11) is 3.88. The van der Waals surface area contributed by atoms with E-state index in [9.17, 15) is 0 Å². The third-order valence-corrected chi connectivity index (χ3v) is 2.83. The van der Waals surface area contributed by atoms with Crippen molar-refractivity contribution in [3.8, 4) is 0 Å². The molecular weight excluding hydrogens is 192 g/mol. The highest BCUT2D eigenvalue weighted by atomic mass is 16.5. The van der Waals surface area contributed by atoms with Crippen molar-refractivity contribution in [3.05, 3.63) is 0 Å². The Morgan fingerprint density at radius 1 is 1.20 bits per heavy atom. The van der Waals surface area contributed by atoms with Gasteiger partial charge in [-0.15, -0.1) is 0 Å². The van der Waals surface area contributed by atoms with E-state index >= 15 is 0 Å². The molecule has 0 amide bonds. The Balaban J connectivity index is 1.87. The number of rotatable bonds is 7. The van der Waals surface area contributed by atoms with Crippen molar-refractivity contribution in [1.82, 2.24) is 10.2 Å². The Labute approximate surface area is 92.9 Å². The molecule has 90 valence electrons. The van der Waals surface area contributed by atoms with Gasteiger partial charge in [-0.1, -0.05) is 0 Å². The zero-order valence-corrected chi connectivity index (χ0v) is 10.00. The van der Waals surface area contributed by atoms with Crippen LogP contribution < -0.4 is 5.32 Å². The van der Waals surface area contributed by atoms with Crippen LogP contribution in [0.3, 0.4) is 0 Å². The van der Waals surface area contributed by atoms with Crippen molar-refractivity contribution in [3.63, 3.8) is 0 Å². The van der Waals surface area contributed by atoms with E-state index in [1.807, 2.05) is 0 Å². The van der Waals surface area contributed by atoms with Gasteiger partial charge in [0.05, 0.1) is 19.8 Å². The standard InChI is InChI=1S/C11H24N2O2/c1-13-6-3-11(4-7-13)12-5-8-15-10-9-14-2/h11-12H,3-10H2,1-2H3. The Morgan fingerprint density at radius 2 is 1.93 bits per heavy atom. The monoisotopic (exact) mass is 216 g/mol. The number of nitrogens with one attached hydrogen (secondary N) is 1. The van der Waals surface area contributed by atoms with Crippen molar-refractivity contribution < 1.29 is 9.47 Å². The van der Waals surface area contributed by atoms with Crippen LogP contribution in [0.1, 0.15) is 12.8 Å². The zero-order valence-electron chi connectivity index (χ0n) is 10.00. The Morgan fingerprint density at radius 3 is 2.60 bits per heavy atom. The maximum Gasteiger partial charge on any atom is 0.0700 e. The van der Waals surface area contributed by atoms with Crippen molar-refractivity contribution in [2.75, 3.05) is 53.6 Å². The molecule has 0 atom stereocenters. The molecule has 1 aliphatic rings. The first-order valence-corrected chi connectivity index (χ1v) is 5.81. The molecule has 0 aromatic heterocycles. The van der Waals surface area contributed by atoms with Gasteiger partial charge < -0.3 is 19.7 Å². The Bertz CT molecular complexity index is 148. The highest BCUT2D eigenvalue weighted by Crippen LogP contribution is 2.07. The molecule has 0 unspecified atom stereocenters. The molecule has 0 aromatic carbocycles. The van der Waals surface area contributed by atoms with Gasteiger partial charge in [-0.25, -0.2) is 0 Å². The fraction of sp³-hybridized carbons (Fsp3) is 1.00. The lowest BCUT2D eigenvalue weighted by molar-refractivity contribution is 0.0700. The van der Waals surface area contributed by atoms with Crippen LogP contribution in [0.2, 0.25) is 0 Å². The summed E-state index contributed by atoms with van der Waals surface area (Å²) >= 11 is 0. The minimum atomic E-state index is 0.687. The molecule has 1 heterocycles. The van der Waals surface area contributed by atoms with Gasteiger partial charge in [0, 0.05) is 19.7 Å². The van der Waals surface area contributed by atoms with Gasteiger partial charge >= 0.3 is 0 Å². The van der Waals surface area contributed by atoms with Gasteiger partial charge in [-0.3, -0.25) is 0 Å². The second-order valence-corrected chi connectivity index (χ2v) is 4.14. The Hall–Kier alpha value is -0.160. The first-order chi connectivity index (χ1) is 7.33. The summed E-state index contributed by atoms with van der Waals surface area (Å²) in [4.78, 5) is 2.38. The number of nitrogens with zero attached hydrogens (tertiary/aromatic N) is 1. The van der Waals surface area contributed by atoms with E-state index in [0.29, 0.717) is 19.3 Å². The fourth-order valence-electron chi connectivity index (χ4n) is 1.79. The van der Waals surface area contributed by atoms with E-state index < -0.39 is 0 Å². The normalized spacial score (nSPS) is 19.6. The summed E-state index contributed by atoms with van der Waals surface area (Å²) in [6.45, 7) is 5.55. The molecule has 0 spiro atoms. The highest BCUT2D eigenvalue weighted by molar-refractivity contribution is 4.74. The molecule has 1 N–H and O–H groups in total. The predicted octanol–water partition coefficient (Wildman–Crippen LogP) is 0.333. The van der Waals surface area contributed by atoms with Crippen molar-refractivity contribution in [2.24, 2.45) is 0 Å². The van der Waals surface area contributed by atoms with E-state index in [4.69, 9.17) is 9.47 Å². The van der Waals surface area contributed by atoms with E-state index in [-0.39, 0.29) is 0 Å². The zero-order chi connectivity index (χ0) is 10.9. The minimum absolute atomic E-state index is 0.687. The molecule has 0 saturated carbocycles. The van der Waals surface area contributed by atoms with Gasteiger partial charge in [0.25, 0.3) is 0 Å². The smallest absolute Gasteiger partial charge is 0.0700 e. The van der Waals surface area contributed by atoms with Gasteiger partial charge in [0.1, 0.15) is 0 Å². The van der Waals surface area contributed by atoms with Crippen LogP contribution in [-0.2, 0) is 9.47 Å². The summed E-state index contributed by atoms with van der Waals surface area (Å²) in [6, 6.07) is 0.687. The summed E-state index contributed by atoms with van der Waals surface area (Å²) in [6.07, 6.45) is 2.52. The fourth-order valence-corrected chi connectivity index (χ4v) is 1.79. The van der Waals surface area contributed by atoms with E-state index in [0.717, 1.165) is 13.2 Å². The lowest BCUT2D eigenvalue weighted by Gasteiger charge is -2.29. The minimum Gasteiger partial charge on any atom is -0.382 e. The number of methoxy groups -OCH3 is 1. The summed E-state index contributed by atoms with van der Waals surface area (Å²) in [5.41, 5.74) is 0. The molecule has 0 bridgehead atoms. The maximum absolute atomic E-state index is 5.39. The molecule has 1 rings (SSSR count). The predicted molar refractivity (Wildman–Crippen MR) is 61.2 cm³/mol. The third-order valence-electron chi connectivity index (χ3n) is 2.83. The quantitative estimate of drug-likeness (QED) is 0.622. The van der Waals surface area contributed by atoms with Gasteiger partial charge in [-0.2, -0.15) is 0 Å². The van der Waals surface area contributed by atoms with Crippen molar-refractivity contribution in [2.45, 2.75) is 18.9 Å². The topological polar surface area (TPSA) is 33.7 Å². The molecule has 0 aliphatic carbocycles. The number of ether oxygens (including phenoxy) is 2. The van der Waals surface area contributed by atoms with Crippen LogP contribution in [0.4, 0.5) is 0 Å². The van der Waals surface area contributed by atoms with E-state index in [1.165, 1.54) is 25.9 Å². The van der Waals surface area contributed by atoms with E-state index in [1.54, 1.807) is 7.11 Å². The van der Waals surface area contributed by atoms with Crippen LogP contribution in [0.25, 0.3) is 0 Å². The molecule has 0 radical (unpaired) electrons. The summed E-state index contributed by atoms with van der Waals surface area (Å²) in [5, 5.41) is 3.53. The average Bonchev–Trinajstić information content (AvgIpc) is 2.26. The van der Waals surface area contributed by atoms with Crippen LogP contribution in [0.5, 0.6) is 0 Å². The van der Waals surface area contributed by atoms with Gasteiger partial charge in [-0.05, 0) is 33.0 Å². The van der Waals surface area contributed by atoms with Crippen LogP contribution >= 0.6 is 0 Å². The number of piperidine rings is 1. The second kappa shape index (κ2) is 8.05.